The molecule has 10 nitrogen and oxygen atoms in total. The summed E-state index contributed by atoms with van der Waals surface area (Å²) < 4.78 is 10.4. The van der Waals surface area contributed by atoms with Gasteiger partial charge >= 0.3 is 6.09 Å². The van der Waals surface area contributed by atoms with E-state index in [-0.39, 0.29) is 0 Å². The number of likely N-dealkylation sites (N-methyl/N-ethyl adjacent to an activating group) is 1. The molecule has 10 heteroatoms. The van der Waals surface area contributed by atoms with Crippen LogP contribution in [0.4, 0.5) is 10.5 Å². The summed E-state index contributed by atoms with van der Waals surface area (Å²) in [4.78, 5) is 52.3. The van der Waals surface area contributed by atoms with E-state index in [1.54, 1.807) is 75.4 Å². The number of anilines is 1. The molecule has 2 aromatic carbocycles. The van der Waals surface area contributed by atoms with Crippen LogP contribution < -0.4 is 21.1 Å². The third-order valence-electron chi connectivity index (χ3n) is 5.20. The molecule has 0 bridgehead atoms. The number of primary amides is 1. The van der Waals surface area contributed by atoms with Crippen LogP contribution >= 0.6 is 0 Å². The second-order valence-electron chi connectivity index (χ2n) is 9.31. The molecule has 0 aliphatic heterocycles. The van der Waals surface area contributed by atoms with E-state index in [0.29, 0.717) is 17.0 Å². The van der Waals surface area contributed by atoms with Gasteiger partial charge in [0.05, 0.1) is 13.5 Å². The van der Waals surface area contributed by atoms with Gasteiger partial charge < -0.3 is 30.7 Å². The molecule has 4 amide bonds. The monoisotopic (exact) mass is 510 g/mol. The normalized spacial score (nSPS) is 12.5. The van der Waals surface area contributed by atoms with Gasteiger partial charge in [-0.25, -0.2) is 4.79 Å². The lowest BCUT2D eigenvalue weighted by Gasteiger charge is -2.31. The lowest BCUT2D eigenvalue weighted by Crippen LogP contribution is -2.52. The summed E-state index contributed by atoms with van der Waals surface area (Å²) >= 11 is 0. The Balaban J connectivity index is 2.41. The summed E-state index contributed by atoms with van der Waals surface area (Å²) in [6.07, 6.45) is 0.236. The Morgan fingerprint density at radius 2 is 1.76 bits per heavy atom. The molecule has 0 spiro atoms. The maximum absolute atomic E-state index is 13.5. The highest BCUT2D eigenvalue weighted by molar-refractivity contribution is 5.99. The zero-order valence-corrected chi connectivity index (χ0v) is 21.7. The fraction of sp³-hybridized carbons (Fsp3) is 0.333. The summed E-state index contributed by atoms with van der Waals surface area (Å²) in [5, 5.41) is 5.20. The number of nitrogens with one attached hydrogen (secondary N) is 2. The zero-order chi connectivity index (χ0) is 27.8. The van der Waals surface area contributed by atoms with E-state index >= 15 is 0 Å². The molecular formula is C27H34N4O6. The van der Waals surface area contributed by atoms with E-state index in [1.165, 1.54) is 14.2 Å². The first-order valence-electron chi connectivity index (χ1n) is 11.6. The molecule has 37 heavy (non-hydrogen) atoms. The number of hydrogen-bond donors (Lipinski definition) is 3. The Morgan fingerprint density at radius 1 is 1.11 bits per heavy atom. The molecule has 0 aliphatic rings. The second-order valence-corrected chi connectivity index (χ2v) is 9.31. The predicted molar refractivity (Wildman–Crippen MR) is 141 cm³/mol. The van der Waals surface area contributed by atoms with Crippen molar-refractivity contribution in [2.24, 2.45) is 5.73 Å². The Hall–Kier alpha value is -4.34. The summed E-state index contributed by atoms with van der Waals surface area (Å²) in [6.45, 7) is 8.74. The third kappa shape index (κ3) is 8.68. The summed E-state index contributed by atoms with van der Waals surface area (Å²) in [7, 11) is 2.94. The average Bonchev–Trinajstić information content (AvgIpc) is 2.82. The molecule has 2 unspecified atom stereocenters. The minimum absolute atomic E-state index is 0.483. The summed E-state index contributed by atoms with van der Waals surface area (Å²) in [5.74, 6) is -1.42. The molecule has 4 N–H and O–H groups in total. The molecule has 2 rings (SSSR count). The quantitative estimate of drug-likeness (QED) is 0.448. The van der Waals surface area contributed by atoms with Crippen molar-refractivity contribution in [3.05, 3.63) is 66.2 Å². The van der Waals surface area contributed by atoms with Crippen LogP contribution in [0, 0.1) is 0 Å². The Morgan fingerprint density at radius 3 is 2.30 bits per heavy atom. The van der Waals surface area contributed by atoms with Crippen LogP contribution in [-0.4, -0.2) is 54.5 Å². The first-order valence-corrected chi connectivity index (χ1v) is 11.6. The van der Waals surface area contributed by atoms with Crippen molar-refractivity contribution < 1.29 is 28.7 Å². The van der Waals surface area contributed by atoms with Gasteiger partial charge in [0.1, 0.15) is 23.4 Å². The molecule has 0 heterocycles. The van der Waals surface area contributed by atoms with Crippen LogP contribution in [-0.2, 0) is 19.1 Å². The maximum Gasteiger partial charge on any atom is 0.408 e. The van der Waals surface area contributed by atoms with Crippen molar-refractivity contribution in [2.45, 2.75) is 44.9 Å². The first kappa shape index (κ1) is 28.9. The second kappa shape index (κ2) is 12.6. The Labute approximate surface area is 216 Å². The molecule has 0 aromatic heterocycles. The van der Waals surface area contributed by atoms with E-state index in [2.05, 4.69) is 17.2 Å². The number of rotatable bonds is 10. The number of nitrogens with two attached hydrogens (primary N) is 1. The lowest BCUT2D eigenvalue weighted by molar-refractivity contribution is -0.140. The molecule has 0 saturated heterocycles. The minimum Gasteiger partial charge on any atom is -0.497 e. The number of methoxy groups -OCH3 is 1. The number of ether oxygens (including phenoxy) is 2. The van der Waals surface area contributed by atoms with Crippen LogP contribution in [0.25, 0.3) is 6.08 Å². The number of benzene rings is 2. The van der Waals surface area contributed by atoms with Crippen molar-refractivity contribution in [1.82, 2.24) is 10.2 Å². The van der Waals surface area contributed by atoms with E-state index in [9.17, 15) is 19.2 Å². The first-order chi connectivity index (χ1) is 17.3. The van der Waals surface area contributed by atoms with Gasteiger partial charge in [-0.2, -0.15) is 0 Å². The Kier molecular flexibility index (Phi) is 9.82. The van der Waals surface area contributed by atoms with Gasteiger partial charge in [0.2, 0.25) is 11.8 Å². The van der Waals surface area contributed by atoms with Crippen LogP contribution in [0.15, 0.2) is 55.1 Å². The predicted octanol–water partition coefficient (Wildman–Crippen LogP) is 3.25. The highest BCUT2D eigenvalue weighted by Crippen LogP contribution is 2.25. The maximum atomic E-state index is 13.5. The standard InChI is InChI=1S/C27H34N4O6/c1-7-17-9-8-10-18(15-17)23(24(33)29-19-11-13-20(36-6)14-12-19)31(5)25(34)21(16-22(28)32)30-26(35)37-27(2,3)4/h7-15,21,23H,1,16H2,2-6H3,(H2,28,32)(H,29,33)(H,30,35). The van der Waals surface area contributed by atoms with Crippen LogP contribution in [0.2, 0.25) is 0 Å². The number of hydrogen-bond acceptors (Lipinski definition) is 6. The van der Waals surface area contributed by atoms with Gasteiger partial charge in [-0.3, -0.25) is 14.4 Å². The van der Waals surface area contributed by atoms with Crippen molar-refractivity contribution in [3.8, 4) is 5.75 Å². The number of amides is 4. The van der Waals surface area contributed by atoms with E-state index in [4.69, 9.17) is 15.2 Å². The van der Waals surface area contributed by atoms with Crippen molar-refractivity contribution >= 4 is 35.6 Å². The molecule has 0 radical (unpaired) electrons. The zero-order valence-electron chi connectivity index (χ0n) is 21.7. The molecule has 0 fully saturated rings. The fourth-order valence-electron chi connectivity index (χ4n) is 3.52. The third-order valence-corrected chi connectivity index (χ3v) is 5.20. The SMILES string of the molecule is C=Cc1cccc(C(C(=O)Nc2ccc(OC)cc2)N(C)C(=O)C(CC(N)=O)NC(=O)OC(C)(C)C)c1. The summed E-state index contributed by atoms with van der Waals surface area (Å²) in [6, 6.07) is 11.2. The lowest BCUT2D eigenvalue weighted by atomic mass is 10.0. The topological polar surface area (TPSA) is 140 Å². The van der Waals surface area contributed by atoms with Crippen LogP contribution in [0.5, 0.6) is 5.75 Å². The highest BCUT2D eigenvalue weighted by atomic mass is 16.6. The fourth-order valence-corrected chi connectivity index (χ4v) is 3.52. The molecule has 0 saturated carbocycles. The molecule has 2 aromatic rings. The van der Waals surface area contributed by atoms with E-state index in [0.717, 1.165) is 10.5 Å². The molecule has 198 valence electrons. The Bertz CT molecular complexity index is 1140. The van der Waals surface area contributed by atoms with Gasteiger partial charge in [0.25, 0.3) is 5.91 Å². The molecule has 0 aliphatic carbocycles. The van der Waals surface area contributed by atoms with E-state index < -0.39 is 47.9 Å². The largest absolute Gasteiger partial charge is 0.497 e. The van der Waals surface area contributed by atoms with Crippen molar-refractivity contribution in [2.75, 3.05) is 19.5 Å². The number of alkyl carbamates (subject to hydrolysis) is 1. The van der Waals surface area contributed by atoms with Gasteiger partial charge in [0.15, 0.2) is 0 Å². The van der Waals surface area contributed by atoms with Crippen molar-refractivity contribution in [3.63, 3.8) is 0 Å². The van der Waals surface area contributed by atoms with Crippen molar-refractivity contribution in [1.29, 1.82) is 0 Å². The number of nitrogens with zero attached hydrogens (tertiary/aromatic N) is 1. The van der Waals surface area contributed by atoms with E-state index in [1.807, 2.05) is 0 Å². The van der Waals surface area contributed by atoms with Gasteiger partial charge in [-0.1, -0.05) is 30.9 Å². The van der Waals surface area contributed by atoms with Gasteiger partial charge in [-0.05, 0) is 62.2 Å². The highest BCUT2D eigenvalue weighted by Gasteiger charge is 2.35. The van der Waals surface area contributed by atoms with Crippen LogP contribution in [0.3, 0.4) is 0 Å². The number of carbonyl (C=O) groups excluding carboxylic acids is 4. The smallest absolute Gasteiger partial charge is 0.408 e. The minimum atomic E-state index is -1.35. The molecule has 2 atom stereocenters. The summed E-state index contributed by atoms with van der Waals surface area (Å²) in [5.41, 5.74) is 6.23. The number of carbonyl (C=O) groups is 4. The van der Waals surface area contributed by atoms with Gasteiger partial charge in [-0.15, -0.1) is 0 Å². The molecular weight excluding hydrogens is 476 g/mol. The average molecular weight is 511 g/mol. The van der Waals surface area contributed by atoms with Gasteiger partial charge in [0, 0.05) is 12.7 Å². The van der Waals surface area contributed by atoms with Crippen LogP contribution in [0.1, 0.15) is 44.4 Å².